The molecule has 0 aliphatic carbocycles. The van der Waals surface area contributed by atoms with Gasteiger partial charge in [0.15, 0.2) is 15.8 Å². The van der Waals surface area contributed by atoms with Crippen molar-refractivity contribution in [3.63, 3.8) is 0 Å². The van der Waals surface area contributed by atoms with Crippen molar-refractivity contribution >= 4 is 39.8 Å². The van der Waals surface area contributed by atoms with Gasteiger partial charge in [-0.15, -0.1) is 24.0 Å². The minimum atomic E-state index is -3.24. The van der Waals surface area contributed by atoms with Gasteiger partial charge >= 0.3 is 0 Å². The normalized spacial score (nSPS) is 11.7. The summed E-state index contributed by atoms with van der Waals surface area (Å²) in [4.78, 5) is 4.42. The van der Waals surface area contributed by atoms with Crippen LogP contribution in [0.2, 0.25) is 0 Å². The van der Waals surface area contributed by atoms with E-state index >= 15 is 0 Å². The number of aliphatic imine (C=N–C) groups is 1. The molecule has 0 saturated carbocycles. The van der Waals surface area contributed by atoms with E-state index in [2.05, 4.69) is 15.6 Å². The Morgan fingerprint density at radius 2 is 1.76 bits per heavy atom. The van der Waals surface area contributed by atoms with Crippen LogP contribution in [0.5, 0.6) is 0 Å². The third-order valence-electron chi connectivity index (χ3n) is 3.93. The van der Waals surface area contributed by atoms with E-state index in [0.717, 1.165) is 11.8 Å². The van der Waals surface area contributed by atoms with E-state index in [0.29, 0.717) is 36.6 Å². The van der Waals surface area contributed by atoms with E-state index in [4.69, 9.17) is 0 Å². The van der Waals surface area contributed by atoms with Crippen molar-refractivity contribution in [3.8, 4) is 0 Å². The molecule has 0 radical (unpaired) electrons. The Morgan fingerprint density at radius 3 is 2.41 bits per heavy atom. The summed E-state index contributed by atoms with van der Waals surface area (Å²) in [6, 6.07) is 10.4. The Balaban J connectivity index is 0.00000420. The fourth-order valence-corrected chi connectivity index (χ4v) is 3.54. The van der Waals surface area contributed by atoms with E-state index in [-0.39, 0.29) is 42.1 Å². The summed E-state index contributed by atoms with van der Waals surface area (Å²) in [7, 11) is -3.24. The van der Waals surface area contributed by atoms with Crippen LogP contribution in [0.1, 0.15) is 23.6 Å². The molecular weight excluding hydrogens is 511 g/mol. The van der Waals surface area contributed by atoms with Crippen LogP contribution in [0.25, 0.3) is 0 Å². The second-order valence-corrected chi connectivity index (χ2v) is 8.63. The van der Waals surface area contributed by atoms with Crippen LogP contribution < -0.4 is 10.6 Å². The number of hydrogen-bond donors (Lipinski definition) is 2. The van der Waals surface area contributed by atoms with E-state index in [1.54, 1.807) is 6.07 Å². The van der Waals surface area contributed by atoms with Crippen molar-refractivity contribution in [2.75, 3.05) is 19.3 Å². The molecule has 5 nitrogen and oxygen atoms in total. The molecule has 0 unspecified atom stereocenters. The molecule has 0 saturated heterocycles. The maximum Gasteiger partial charge on any atom is 0.191 e. The minimum Gasteiger partial charge on any atom is -0.357 e. The highest BCUT2D eigenvalue weighted by atomic mass is 127. The summed E-state index contributed by atoms with van der Waals surface area (Å²) in [6.07, 6.45) is 1.75. The summed E-state index contributed by atoms with van der Waals surface area (Å²) < 4.78 is 50.1. The standard InChI is InChI=1S/C20H25F2N3O2S.HI/c1-3-23-20(24-10-9-15-5-4-6-18(21)11-15)25-13-17-12-19(22)8-7-16(17)14-28(2,26)27;/h4-8,11-12H,3,9-10,13-14H2,1-2H3,(H2,23,24,25);1H. The zero-order valence-corrected chi connectivity index (χ0v) is 19.6. The lowest BCUT2D eigenvalue weighted by Gasteiger charge is -2.12. The first-order chi connectivity index (χ1) is 13.3. The molecular formula is C20H26F2IN3O2S. The first-order valence-electron chi connectivity index (χ1n) is 8.98. The van der Waals surface area contributed by atoms with Crippen LogP contribution in [0.3, 0.4) is 0 Å². The molecule has 0 spiro atoms. The number of nitrogens with one attached hydrogen (secondary N) is 2. The van der Waals surface area contributed by atoms with Crippen LogP contribution in [0.4, 0.5) is 8.78 Å². The summed E-state index contributed by atoms with van der Waals surface area (Å²) in [5.41, 5.74) is 1.92. The molecule has 2 aromatic carbocycles. The molecule has 9 heteroatoms. The van der Waals surface area contributed by atoms with Gasteiger partial charge in [-0.2, -0.15) is 0 Å². The first-order valence-corrected chi connectivity index (χ1v) is 11.0. The van der Waals surface area contributed by atoms with Crippen LogP contribution in [-0.4, -0.2) is 33.7 Å². The molecule has 0 fully saturated rings. The number of rotatable bonds is 8. The van der Waals surface area contributed by atoms with Gasteiger partial charge in [-0.25, -0.2) is 22.2 Å². The molecule has 0 bridgehead atoms. The highest BCUT2D eigenvalue weighted by Gasteiger charge is 2.11. The maximum atomic E-state index is 13.6. The number of sulfone groups is 1. The Morgan fingerprint density at radius 1 is 1.03 bits per heavy atom. The molecule has 2 aromatic rings. The third kappa shape index (κ3) is 9.53. The highest BCUT2D eigenvalue weighted by Crippen LogP contribution is 2.15. The number of nitrogens with zero attached hydrogens (tertiary/aromatic N) is 1. The zero-order chi connectivity index (χ0) is 20.6. The summed E-state index contributed by atoms with van der Waals surface area (Å²) in [5.74, 6) is -0.357. The fraction of sp³-hybridized carbons (Fsp3) is 0.350. The highest BCUT2D eigenvalue weighted by molar-refractivity contribution is 14.0. The largest absolute Gasteiger partial charge is 0.357 e. The molecule has 0 atom stereocenters. The number of benzene rings is 2. The maximum absolute atomic E-state index is 13.6. The average Bonchev–Trinajstić information content (AvgIpc) is 2.60. The Labute approximate surface area is 188 Å². The second-order valence-electron chi connectivity index (χ2n) is 6.48. The van der Waals surface area contributed by atoms with Gasteiger partial charge in [-0.05, 0) is 54.3 Å². The summed E-state index contributed by atoms with van der Waals surface area (Å²) in [5, 5.41) is 6.23. The van der Waals surface area contributed by atoms with E-state index in [9.17, 15) is 17.2 Å². The van der Waals surface area contributed by atoms with Crippen LogP contribution in [0.15, 0.2) is 47.5 Å². The second kappa shape index (κ2) is 12.1. The minimum absolute atomic E-state index is 0. The topological polar surface area (TPSA) is 70.6 Å². The number of halogens is 3. The van der Waals surface area contributed by atoms with Crippen LogP contribution in [0, 0.1) is 11.6 Å². The SMILES string of the molecule is CCNC(=NCc1cc(F)ccc1CS(C)(=O)=O)NCCc1cccc(F)c1.I. The summed E-state index contributed by atoms with van der Waals surface area (Å²) >= 11 is 0. The smallest absolute Gasteiger partial charge is 0.191 e. The van der Waals surface area contributed by atoms with Gasteiger partial charge in [-0.3, -0.25) is 0 Å². The van der Waals surface area contributed by atoms with Crippen molar-refractivity contribution < 1.29 is 17.2 Å². The quantitative estimate of drug-likeness (QED) is 0.308. The van der Waals surface area contributed by atoms with Crippen LogP contribution in [-0.2, 0) is 28.6 Å². The Hall–Kier alpha value is -1.75. The average molecular weight is 537 g/mol. The molecule has 29 heavy (non-hydrogen) atoms. The Bertz CT molecular complexity index is 937. The lowest BCUT2D eigenvalue weighted by Crippen LogP contribution is -2.38. The zero-order valence-electron chi connectivity index (χ0n) is 16.4. The van der Waals surface area contributed by atoms with Gasteiger partial charge < -0.3 is 10.6 Å². The van der Waals surface area contributed by atoms with Crippen molar-refractivity contribution in [1.29, 1.82) is 0 Å². The molecule has 2 N–H and O–H groups in total. The van der Waals surface area contributed by atoms with Crippen molar-refractivity contribution in [3.05, 3.63) is 70.8 Å². The van der Waals surface area contributed by atoms with Crippen molar-refractivity contribution in [2.24, 2.45) is 4.99 Å². The van der Waals surface area contributed by atoms with Gasteiger partial charge in [0, 0.05) is 19.3 Å². The molecule has 2 rings (SSSR count). The van der Waals surface area contributed by atoms with E-state index in [1.165, 1.54) is 30.3 Å². The number of hydrogen-bond acceptors (Lipinski definition) is 3. The van der Waals surface area contributed by atoms with Gasteiger partial charge in [0.2, 0.25) is 0 Å². The van der Waals surface area contributed by atoms with Gasteiger partial charge in [0.25, 0.3) is 0 Å². The molecule has 0 amide bonds. The third-order valence-corrected chi connectivity index (χ3v) is 4.77. The molecule has 0 aliphatic rings. The fourth-order valence-electron chi connectivity index (χ4n) is 2.69. The van der Waals surface area contributed by atoms with Gasteiger partial charge in [0.05, 0.1) is 12.3 Å². The molecule has 160 valence electrons. The van der Waals surface area contributed by atoms with Gasteiger partial charge in [-0.1, -0.05) is 18.2 Å². The predicted octanol–water partition coefficient (Wildman–Crippen LogP) is 3.43. The predicted molar refractivity (Wildman–Crippen MR) is 123 cm³/mol. The van der Waals surface area contributed by atoms with Crippen molar-refractivity contribution in [1.82, 2.24) is 10.6 Å². The molecule has 0 heterocycles. The lowest BCUT2D eigenvalue weighted by molar-refractivity contribution is 0.600. The lowest BCUT2D eigenvalue weighted by atomic mass is 10.1. The summed E-state index contributed by atoms with van der Waals surface area (Å²) in [6.45, 7) is 3.22. The van der Waals surface area contributed by atoms with E-state index < -0.39 is 15.7 Å². The molecule has 0 aliphatic heterocycles. The first kappa shape index (κ1) is 25.3. The number of guanidine groups is 1. The van der Waals surface area contributed by atoms with Crippen molar-refractivity contribution in [2.45, 2.75) is 25.6 Å². The molecule has 0 aromatic heterocycles. The monoisotopic (exact) mass is 537 g/mol. The van der Waals surface area contributed by atoms with Gasteiger partial charge in [0.1, 0.15) is 11.6 Å². The van der Waals surface area contributed by atoms with Crippen LogP contribution >= 0.6 is 24.0 Å². The Kier molecular flexibility index (Phi) is 10.5. The van der Waals surface area contributed by atoms with E-state index in [1.807, 2.05) is 13.0 Å².